The average Bonchev–Trinajstić information content (AvgIpc) is 3.32. The number of rotatable bonds is 7. The minimum atomic E-state index is -0.848. The summed E-state index contributed by atoms with van der Waals surface area (Å²) < 4.78 is 5.18. The first-order valence-electron chi connectivity index (χ1n) is 11.8. The summed E-state index contributed by atoms with van der Waals surface area (Å²) in [6.07, 6.45) is 3.91. The van der Waals surface area contributed by atoms with Gasteiger partial charge in [-0.1, -0.05) is 23.7 Å². The minimum Gasteiger partial charge on any atom is -0.495 e. The van der Waals surface area contributed by atoms with Crippen LogP contribution in [-0.4, -0.2) is 46.8 Å². The van der Waals surface area contributed by atoms with Crippen LogP contribution in [0.3, 0.4) is 0 Å². The van der Waals surface area contributed by atoms with E-state index in [1.165, 1.54) is 11.1 Å². The van der Waals surface area contributed by atoms with Crippen molar-refractivity contribution in [2.45, 2.75) is 19.4 Å². The summed E-state index contributed by atoms with van der Waals surface area (Å²) in [5.74, 6) is 1.01. The number of benzene rings is 2. The Morgan fingerprint density at radius 2 is 2.11 bits per heavy atom. The molecule has 9 heteroatoms. The average molecular weight is 506 g/mol. The lowest BCUT2D eigenvalue weighted by molar-refractivity contribution is 0.191. The predicted molar refractivity (Wildman–Crippen MR) is 144 cm³/mol. The predicted octanol–water partition coefficient (Wildman–Crippen LogP) is 4.41. The summed E-state index contributed by atoms with van der Waals surface area (Å²) in [7, 11) is 1.54. The summed E-state index contributed by atoms with van der Waals surface area (Å²) in [4.78, 5) is 23.7. The van der Waals surface area contributed by atoms with E-state index in [9.17, 15) is 9.90 Å². The first-order valence-corrected chi connectivity index (χ1v) is 12.2. The molecule has 0 amide bonds. The maximum atomic E-state index is 12.9. The summed E-state index contributed by atoms with van der Waals surface area (Å²) in [5, 5.41) is 17.7. The van der Waals surface area contributed by atoms with Gasteiger partial charge in [0, 0.05) is 19.3 Å². The summed E-state index contributed by atoms with van der Waals surface area (Å²) in [6.45, 7) is 4.03. The standard InChI is InChI=1S/C27H28ClN5O3/c1-15-11-18(16-5-8-29-9-6-16)13-21-25(15)33-26(32-21)24-20(7-10-30-27(24)35)31-14-22(34)17-3-4-23(36-2)19(28)12-17/h3-5,7,10-13,22,29,34H,6,8-9,14H2,1-2H3,(H,32,33)(H2,30,31,35)/t22-/m1/s1. The van der Waals surface area contributed by atoms with Crippen molar-refractivity contribution in [3.63, 3.8) is 0 Å². The van der Waals surface area contributed by atoms with Gasteiger partial charge in [-0.2, -0.15) is 0 Å². The number of methoxy groups -OCH3 is 1. The summed E-state index contributed by atoms with van der Waals surface area (Å²) in [6, 6.07) is 11.1. The Morgan fingerprint density at radius 1 is 1.25 bits per heavy atom. The van der Waals surface area contributed by atoms with Gasteiger partial charge in [-0.25, -0.2) is 4.98 Å². The molecule has 0 saturated heterocycles. The lowest BCUT2D eigenvalue weighted by Gasteiger charge is -2.15. The molecule has 0 saturated carbocycles. The van der Waals surface area contributed by atoms with Crippen LogP contribution in [0.2, 0.25) is 5.02 Å². The van der Waals surface area contributed by atoms with Crippen LogP contribution in [0, 0.1) is 6.92 Å². The number of aliphatic hydroxyl groups is 1. The van der Waals surface area contributed by atoms with Crippen LogP contribution in [0.25, 0.3) is 28.0 Å². The number of nitrogens with zero attached hydrogens (tertiary/aromatic N) is 1. The number of fused-ring (bicyclic) bond motifs is 1. The van der Waals surface area contributed by atoms with Crippen molar-refractivity contribution in [3.8, 4) is 17.1 Å². The number of H-pyrrole nitrogens is 2. The van der Waals surface area contributed by atoms with Gasteiger partial charge in [0.2, 0.25) is 0 Å². The molecule has 0 unspecified atom stereocenters. The number of nitrogens with one attached hydrogen (secondary N) is 4. The number of aryl methyl sites for hydroxylation is 1. The number of anilines is 1. The van der Waals surface area contributed by atoms with Crippen molar-refractivity contribution in [1.82, 2.24) is 20.3 Å². The monoisotopic (exact) mass is 505 g/mol. The molecule has 3 heterocycles. The van der Waals surface area contributed by atoms with E-state index in [1.807, 2.05) is 6.92 Å². The Morgan fingerprint density at radius 3 is 2.86 bits per heavy atom. The molecule has 4 aromatic rings. The van der Waals surface area contributed by atoms with Gasteiger partial charge < -0.3 is 30.4 Å². The number of aliphatic hydroxyl groups excluding tert-OH is 1. The fraction of sp³-hybridized carbons (Fsp3) is 0.259. The van der Waals surface area contributed by atoms with Crippen LogP contribution in [0.1, 0.15) is 29.2 Å². The van der Waals surface area contributed by atoms with Gasteiger partial charge in [0.1, 0.15) is 17.1 Å². The van der Waals surface area contributed by atoms with Crippen LogP contribution < -0.4 is 20.9 Å². The fourth-order valence-corrected chi connectivity index (χ4v) is 4.82. The second-order valence-corrected chi connectivity index (χ2v) is 9.25. The quantitative estimate of drug-likeness (QED) is 0.254. The zero-order valence-corrected chi connectivity index (χ0v) is 20.9. The Kier molecular flexibility index (Phi) is 6.82. The minimum absolute atomic E-state index is 0.171. The molecule has 0 fully saturated rings. The Hall–Kier alpha value is -3.59. The molecule has 186 valence electrons. The molecule has 0 aliphatic carbocycles. The van der Waals surface area contributed by atoms with Gasteiger partial charge in [-0.3, -0.25) is 4.79 Å². The van der Waals surface area contributed by atoms with Crippen molar-refractivity contribution in [2.75, 3.05) is 32.1 Å². The lowest BCUT2D eigenvalue weighted by Crippen LogP contribution is -2.20. The SMILES string of the molecule is COc1ccc([C@H](O)CNc2cc[nH]c(=O)c2-c2nc3c(C)cc(C4=CCNCC4)cc3[nH]2)cc1Cl. The third-order valence-electron chi connectivity index (χ3n) is 6.46. The van der Waals surface area contributed by atoms with Crippen LogP contribution in [0.4, 0.5) is 5.69 Å². The Balaban J connectivity index is 1.44. The molecule has 5 N–H and O–H groups in total. The van der Waals surface area contributed by atoms with E-state index in [1.54, 1.807) is 37.6 Å². The van der Waals surface area contributed by atoms with Crippen molar-refractivity contribution < 1.29 is 9.84 Å². The number of aromatic amines is 2. The van der Waals surface area contributed by atoms with E-state index in [0.717, 1.165) is 36.1 Å². The Labute approximate surface area is 213 Å². The highest BCUT2D eigenvalue weighted by Gasteiger charge is 2.18. The number of ether oxygens (including phenoxy) is 1. The van der Waals surface area contributed by atoms with Crippen LogP contribution >= 0.6 is 11.6 Å². The van der Waals surface area contributed by atoms with Crippen LogP contribution in [0.15, 0.2) is 53.5 Å². The second kappa shape index (κ2) is 10.2. The van der Waals surface area contributed by atoms with Crippen molar-refractivity contribution >= 4 is 33.9 Å². The van der Waals surface area contributed by atoms with Gasteiger partial charge in [0.15, 0.2) is 0 Å². The molecule has 0 bridgehead atoms. The number of halogens is 1. The number of pyridine rings is 1. The smallest absolute Gasteiger partial charge is 0.261 e. The van der Waals surface area contributed by atoms with E-state index in [0.29, 0.717) is 33.4 Å². The molecule has 8 nitrogen and oxygen atoms in total. The van der Waals surface area contributed by atoms with Gasteiger partial charge in [-0.05, 0) is 72.5 Å². The fourth-order valence-electron chi connectivity index (χ4n) is 4.55. The van der Waals surface area contributed by atoms with Crippen molar-refractivity contribution in [1.29, 1.82) is 0 Å². The third kappa shape index (κ3) is 4.75. The molecule has 0 spiro atoms. The maximum Gasteiger partial charge on any atom is 0.261 e. The number of aromatic nitrogens is 3. The van der Waals surface area contributed by atoms with Gasteiger partial charge in [0.25, 0.3) is 5.56 Å². The van der Waals surface area contributed by atoms with Crippen LogP contribution in [-0.2, 0) is 0 Å². The van der Waals surface area contributed by atoms with E-state index >= 15 is 0 Å². The molecular formula is C27H28ClN5O3. The number of imidazole rings is 1. The largest absolute Gasteiger partial charge is 0.495 e. The highest BCUT2D eigenvalue weighted by molar-refractivity contribution is 6.32. The normalized spacial score (nSPS) is 14.5. The number of hydrogen-bond acceptors (Lipinski definition) is 6. The van der Waals surface area contributed by atoms with E-state index in [2.05, 4.69) is 38.8 Å². The molecule has 2 aromatic carbocycles. The van der Waals surface area contributed by atoms with Gasteiger partial charge in [-0.15, -0.1) is 0 Å². The van der Waals surface area contributed by atoms with E-state index < -0.39 is 6.10 Å². The van der Waals surface area contributed by atoms with Crippen molar-refractivity contribution in [3.05, 3.63) is 80.7 Å². The van der Waals surface area contributed by atoms with E-state index in [4.69, 9.17) is 21.3 Å². The van der Waals surface area contributed by atoms with Crippen LogP contribution in [0.5, 0.6) is 5.75 Å². The highest BCUT2D eigenvalue weighted by Crippen LogP contribution is 2.31. The molecule has 2 aromatic heterocycles. The molecular weight excluding hydrogens is 478 g/mol. The Bertz CT molecular complexity index is 1510. The lowest BCUT2D eigenvalue weighted by atomic mass is 9.98. The zero-order chi connectivity index (χ0) is 25.2. The highest BCUT2D eigenvalue weighted by atomic mass is 35.5. The first kappa shape index (κ1) is 24.1. The van der Waals surface area contributed by atoms with E-state index in [-0.39, 0.29) is 12.1 Å². The zero-order valence-electron chi connectivity index (χ0n) is 20.1. The van der Waals surface area contributed by atoms with Gasteiger partial charge >= 0.3 is 0 Å². The molecule has 36 heavy (non-hydrogen) atoms. The summed E-state index contributed by atoms with van der Waals surface area (Å²) >= 11 is 6.21. The van der Waals surface area contributed by atoms with Gasteiger partial charge in [0.05, 0.1) is 35.0 Å². The second-order valence-electron chi connectivity index (χ2n) is 8.84. The summed E-state index contributed by atoms with van der Waals surface area (Å²) in [5.41, 5.74) is 6.52. The molecule has 1 aliphatic heterocycles. The molecule has 1 aliphatic rings. The molecule has 0 radical (unpaired) electrons. The van der Waals surface area contributed by atoms with Crippen molar-refractivity contribution in [2.24, 2.45) is 0 Å². The maximum absolute atomic E-state index is 12.9. The molecule has 5 rings (SSSR count). The molecule has 1 atom stereocenters. The topological polar surface area (TPSA) is 115 Å². The number of hydrogen-bond donors (Lipinski definition) is 5. The first-order chi connectivity index (χ1) is 17.4. The third-order valence-corrected chi connectivity index (χ3v) is 6.75.